The maximum atomic E-state index is 13.4. The van der Waals surface area contributed by atoms with Crippen LogP contribution in [-0.2, 0) is 35.0 Å². The van der Waals surface area contributed by atoms with Gasteiger partial charge in [0.2, 0.25) is 5.91 Å². The highest BCUT2D eigenvalue weighted by atomic mass is 35.5. The van der Waals surface area contributed by atoms with Gasteiger partial charge in [0, 0.05) is 20.0 Å². The number of nitrogens with one attached hydrogen (secondary N) is 2. The van der Waals surface area contributed by atoms with E-state index in [9.17, 15) is 14.4 Å². The Labute approximate surface area is 223 Å². The highest BCUT2D eigenvalue weighted by Gasteiger charge is 2.49. The second-order valence-corrected chi connectivity index (χ2v) is 10.3. The number of esters is 2. The molecular formula is C26H38Cl2N2O6. The molecule has 1 aliphatic rings. The molecule has 2 rings (SSSR count). The van der Waals surface area contributed by atoms with E-state index in [4.69, 9.17) is 37.4 Å². The number of rotatable bonds is 13. The van der Waals surface area contributed by atoms with E-state index >= 15 is 0 Å². The molecule has 1 saturated carbocycles. The first-order valence-corrected chi connectivity index (χ1v) is 13.3. The van der Waals surface area contributed by atoms with Crippen LogP contribution in [0.4, 0.5) is 0 Å². The fourth-order valence-electron chi connectivity index (χ4n) is 4.17. The largest absolute Gasteiger partial charge is 0.461 e. The molecule has 1 aromatic rings. The van der Waals surface area contributed by atoms with Crippen LogP contribution >= 0.6 is 23.2 Å². The van der Waals surface area contributed by atoms with Gasteiger partial charge in [0.25, 0.3) is 0 Å². The normalized spacial score (nSPS) is 24.7. The number of amides is 1. The molecule has 1 fully saturated rings. The zero-order valence-electron chi connectivity index (χ0n) is 21.4. The molecule has 0 radical (unpaired) electrons. The summed E-state index contributed by atoms with van der Waals surface area (Å²) in [6.45, 7) is 6.06. The van der Waals surface area contributed by atoms with Crippen molar-refractivity contribution in [3.05, 3.63) is 35.9 Å². The number of unbranched alkanes of at least 4 members (excludes halogenated alkanes) is 1. The maximum absolute atomic E-state index is 13.4. The van der Waals surface area contributed by atoms with Crippen LogP contribution in [0.2, 0.25) is 0 Å². The first kappa shape index (κ1) is 30.4. The van der Waals surface area contributed by atoms with Crippen LogP contribution in [0.1, 0.15) is 45.6 Å². The summed E-state index contributed by atoms with van der Waals surface area (Å²) in [6, 6.07) is 8.39. The Morgan fingerprint density at radius 1 is 1.08 bits per heavy atom. The first-order chi connectivity index (χ1) is 17.1. The lowest BCUT2D eigenvalue weighted by Crippen LogP contribution is -2.57. The zero-order valence-corrected chi connectivity index (χ0v) is 22.9. The monoisotopic (exact) mass is 544 g/mol. The van der Waals surface area contributed by atoms with Gasteiger partial charge < -0.3 is 24.8 Å². The summed E-state index contributed by atoms with van der Waals surface area (Å²) in [6.07, 6.45) is 0.259. The van der Waals surface area contributed by atoms with Crippen LogP contribution < -0.4 is 10.6 Å². The number of carbonyl (C=O) groups excluding carboxylic acids is 3. The standard InChI is InChI=1S/C26H38Cl2N2O6/c1-16(2)35-26(33)21(14-18-10-6-5-7-11-18)30-25(32)19-15-20(27)24(34-13-9-8-12-29-4)22(28)23(19)36-17(3)31/h5-7,10-11,16,19-24,29H,8-9,12-15H2,1-4H3,(H,30,32)/t19?,20?,21-,22?,23?,24?/m0/s1. The number of ether oxygens (including phenoxy) is 3. The van der Waals surface area contributed by atoms with Crippen LogP contribution in [0.5, 0.6) is 0 Å². The fourth-order valence-corrected chi connectivity index (χ4v) is 5.14. The summed E-state index contributed by atoms with van der Waals surface area (Å²) in [5.74, 6) is -2.45. The minimum atomic E-state index is -0.958. The third-order valence-corrected chi connectivity index (χ3v) is 6.79. The Balaban J connectivity index is 2.16. The molecule has 6 atom stereocenters. The van der Waals surface area contributed by atoms with Crippen molar-refractivity contribution in [2.75, 3.05) is 20.2 Å². The van der Waals surface area contributed by atoms with Crippen LogP contribution in [0.15, 0.2) is 30.3 Å². The van der Waals surface area contributed by atoms with E-state index < -0.39 is 52.8 Å². The van der Waals surface area contributed by atoms with E-state index in [-0.39, 0.29) is 18.9 Å². The zero-order chi connectivity index (χ0) is 26.7. The van der Waals surface area contributed by atoms with Gasteiger partial charge in [0.15, 0.2) is 0 Å². The van der Waals surface area contributed by atoms with E-state index in [1.54, 1.807) is 13.8 Å². The van der Waals surface area contributed by atoms with Gasteiger partial charge in [-0.05, 0) is 52.3 Å². The van der Waals surface area contributed by atoms with E-state index in [0.717, 1.165) is 24.9 Å². The Kier molecular flexibility index (Phi) is 13.0. The van der Waals surface area contributed by atoms with Crippen LogP contribution in [0.25, 0.3) is 0 Å². The predicted molar refractivity (Wildman–Crippen MR) is 139 cm³/mol. The van der Waals surface area contributed by atoms with Gasteiger partial charge in [-0.15, -0.1) is 23.2 Å². The molecule has 0 aliphatic heterocycles. The van der Waals surface area contributed by atoms with Gasteiger partial charge in [-0.25, -0.2) is 4.79 Å². The molecule has 1 aromatic carbocycles. The van der Waals surface area contributed by atoms with Crippen molar-refractivity contribution in [1.82, 2.24) is 10.6 Å². The lowest BCUT2D eigenvalue weighted by Gasteiger charge is -2.41. The average molecular weight is 546 g/mol. The second-order valence-electron chi connectivity index (χ2n) is 9.26. The average Bonchev–Trinajstić information content (AvgIpc) is 2.82. The molecule has 0 heterocycles. The molecule has 36 heavy (non-hydrogen) atoms. The molecule has 5 unspecified atom stereocenters. The number of alkyl halides is 2. The van der Waals surface area contributed by atoms with Crippen molar-refractivity contribution in [2.24, 2.45) is 5.92 Å². The number of benzene rings is 1. The highest BCUT2D eigenvalue weighted by molar-refractivity contribution is 6.25. The fraction of sp³-hybridized carbons (Fsp3) is 0.654. The van der Waals surface area contributed by atoms with Gasteiger partial charge in [0.05, 0.1) is 28.9 Å². The highest BCUT2D eigenvalue weighted by Crippen LogP contribution is 2.36. The Bertz CT molecular complexity index is 841. The van der Waals surface area contributed by atoms with E-state index in [1.807, 2.05) is 37.4 Å². The number of hydrogen-bond donors (Lipinski definition) is 2. The molecule has 8 nitrogen and oxygen atoms in total. The number of halogens is 2. The van der Waals surface area contributed by atoms with Gasteiger partial charge >= 0.3 is 11.9 Å². The van der Waals surface area contributed by atoms with Gasteiger partial charge in [0.1, 0.15) is 12.1 Å². The van der Waals surface area contributed by atoms with Crippen LogP contribution in [0.3, 0.4) is 0 Å². The minimum Gasteiger partial charge on any atom is -0.461 e. The molecule has 0 spiro atoms. The van der Waals surface area contributed by atoms with Crippen molar-refractivity contribution in [3.63, 3.8) is 0 Å². The topological polar surface area (TPSA) is 103 Å². The molecule has 0 bridgehead atoms. The van der Waals surface area contributed by atoms with Gasteiger partial charge in [-0.3, -0.25) is 9.59 Å². The third-order valence-electron chi connectivity index (χ3n) is 5.87. The molecule has 0 saturated heterocycles. The summed E-state index contributed by atoms with van der Waals surface area (Å²) in [4.78, 5) is 38.1. The van der Waals surface area contributed by atoms with E-state index in [1.165, 1.54) is 6.92 Å². The second kappa shape index (κ2) is 15.4. The lowest BCUT2D eigenvalue weighted by atomic mass is 9.82. The summed E-state index contributed by atoms with van der Waals surface area (Å²) in [5, 5.41) is 4.47. The summed E-state index contributed by atoms with van der Waals surface area (Å²) < 4.78 is 16.8. The maximum Gasteiger partial charge on any atom is 0.329 e. The Morgan fingerprint density at radius 2 is 1.78 bits per heavy atom. The molecule has 10 heteroatoms. The molecule has 1 aliphatic carbocycles. The van der Waals surface area contributed by atoms with Crippen molar-refractivity contribution in [1.29, 1.82) is 0 Å². The lowest BCUT2D eigenvalue weighted by molar-refractivity contribution is -0.159. The van der Waals surface area contributed by atoms with Crippen LogP contribution in [0, 0.1) is 5.92 Å². The quantitative estimate of drug-likeness (QED) is 0.223. The number of carbonyl (C=O) groups is 3. The van der Waals surface area contributed by atoms with Crippen molar-refractivity contribution >= 4 is 41.0 Å². The molecular weight excluding hydrogens is 507 g/mol. The molecule has 202 valence electrons. The Morgan fingerprint density at radius 3 is 2.39 bits per heavy atom. The van der Waals surface area contributed by atoms with Crippen molar-refractivity contribution in [2.45, 2.75) is 81.6 Å². The smallest absolute Gasteiger partial charge is 0.329 e. The van der Waals surface area contributed by atoms with Gasteiger partial charge in [-0.1, -0.05) is 30.3 Å². The van der Waals surface area contributed by atoms with Crippen molar-refractivity contribution in [3.8, 4) is 0 Å². The first-order valence-electron chi connectivity index (χ1n) is 12.4. The molecule has 2 N–H and O–H groups in total. The minimum absolute atomic E-state index is 0.174. The van der Waals surface area contributed by atoms with E-state index in [2.05, 4.69) is 10.6 Å². The van der Waals surface area contributed by atoms with E-state index in [0.29, 0.717) is 6.61 Å². The van der Waals surface area contributed by atoms with Crippen molar-refractivity contribution < 1.29 is 28.6 Å². The Hall–Kier alpha value is -1.87. The summed E-state index contributed by atoms with van der Waals surface area (Å²) >= 11 is 13.3. The summed E-state index contributed by atoms with van der Waals surface area (Å²) in [5.41, 5.74) is 0.862. The molecule has 1 amide bonds. The SMILES string of the molecule is CNCCCCOC1C(Cl)CC(C(=O)N[C@@H](Cc2ccccc2)C(=O)OC(C)C)C(OC(C)=O)C1Cl. The van der Waals surface area contributed by atoms with Gasteiger partial charge in [-0.2, -0.15) is 0 Å². The van der Waals surface area contributed by atoms with Crippen LogP contribution in [-0.4, -0.2) is 73.2 Å². The molecule has 0 aromatic heterocycles. The number of hydrogen-bond acceptors (Lipinski definition) is 7. The third kappa shape index (κ3) is 9.54. The predicted octanol–water partition coefficient (Wildman–Crippen LogP) is 3.22. The summed E-state index contributed by atoms with van der Waals surface area (Å²) in [7, 11) is 1.88.